The number of aromatic nitrogens is 3. The number of nitrogens with zero attached hydrogens (tertiary/aromatic N) is 5. The second-order valence-corrected chi connectivity index (χ2v) is 13.4. The molecule has 250 valence electrons. The third-order valence-corrected chi connectivity index (χ3v) is 8.68. The van der Waals surface area contributed by atoms with Crippen molar-refractivity contribution < 1.29 is 27.5 Å². The Morgan fingerprint density at radius 3 is 2.48 bits per heavy atom. The topological polar surface area (TPSA) is 102 Å². The Kier molecular flexibility index (Phi) is 10.7. The maximum atomic E-state index is 12.9. The van der Waals surface area contributed by atoms with Crippen LogP contribution in [0.2, 0.25) is 0 Å². The number of urea groups is 1. The van der Waals surface area contributed by atoms with Crippen LogP contribution in [0.5, 0.6) is 5.75 Å². The molecule has 1 N–H and O–H groups in total. The highest BCUT2D eigenvalue weighted by Gasteiger charge is 2.33. The zero-order valence-electron chi connectivity index (χ0n) is 26.5. The number of hydrogen-bond donors (Lipinski definition) is 1. The van der Waals surface area contributed by atoms with Crippen molar-refractivity contribution in [3.05, 3.63) is 94.2 Å². The van der Waals surface area contributed by atoms with Crippen LogP contribution >= 0.6 is 27.7 Å². The van der Waals surface area contributed by atoms with Crippen LogP contribution in [-0.4, -0.2) is 50.0 Å². The number of aryl methyl sites for hydroxylation is 1. The Morgan fingerprint density at radius 1 is 1.10 bits per heavy atom. The van der Waals surface area contributed by atoms with Gasteiger partial charge in [-0.3, -0.25) is 9.69 Å². The van der Waals surface area contributed by atoms with Crippen molar-refractivity contribution in [2.45, 2.75) is 52.4 Å². The first-order valence-corrected chi connectivity index (χ1v) is 16.7. The number of halogens is 4. The normalized spacial score (nSPS) is 15.4. The Labute approximate surface area is 288 Å². The van der Waals surface area contributed by atoms with Gasteiger partial charge in [0, 0.05) is 11.6 Å². The molecule has 0 spiro atoms. The predicted molar refractivity (Wildman–Crippen MR) is 186 cm³/mol. The number of rotatable bonds is 9. The molecule has 1 unspecified atom stereocenters. The fraction of sp³-hybridized carbons (Fsp3) is 0.265. The lowest BCUT2D eigenvalue weighted by atomic mass is 9.99. The molecule has 1 saturated heterocycles. The highest BCUT2D eigenvalue weighted by molar-refractivity contribution is 9.11. The van der Waals surface area contributed by atoms with Gasteiger partial charge in [-0.1, -0.05) is 77.9 Å². The number of alkyl halides is 3. The Hall–Kier alpha value is -4.43. The maximum absolute atomic E-state index is 12.9. The minimum atomic E-state index is -4.76. The van der Waals surface area contributed by atoms with E-state index in [1.165, 1.54) is 47.0 Å². The molecule has 1 atom stereocenters. The number of amides is 3. The third-order valence-electron chi connectivity index (χ3n) is 7.20. The number of anilines is 1. The van der Waals surface area contributed by atoms with Gasteiger partial charge in [-0.05, 0) is 83.8 Å². The van der Waals surface area contributed by atoms with Crippen LogP contribution in [0.15, 0.2) is 82.5 Å². The van der Waals surface area contributed by atoms with Gasteiger partial charge < -0.3 is 10.1 Å². The zero-order chi connectivity index (χ0) is 34.6. The number of carbonyl (C=O) groups is 2. The van der Waals surface area contributed by atoms with Gasteiger partial charge >= 0.3 is 12.4 Å². The summed E-state index contributed by atoms with van der Waals surface area (Å²) >= 11 is 4.85. The maximum Gasteiger partial charge on any atom is 0.573 e. The summed E-state index contributed by atoms with van der Waals surface area (Å²) in [7, 11) is 0. The average Bonchev–Trinajstić information content (AvgIpc) is 3.63. The molecule has 4 aromatic rings. The number of nitrogens with one attached hydrogen (secondary N) is 1. The molecule has 14 heteroatoms. The minimum Gasteiger partial charge on any atom is -0.406 e. The van der Waals surface area contributed by atoms with E-state index in [4.69, 9.17) is 0 Å². The Balaban J connectivity index is 1.19. The van der Waals surface area contributed by atoms with Gasteiger partial charge in [0.2, 0.25) is 5.91 Å². The van der Waals surface area contributed by atoms with Crippen LogP contribution in [0, 0.1) is 6.92 Å². The number of benzene rings is 3. The van der Waals surface area contributed by atoms with Gasteiger partial charge in [0.1, 0.15) is 12.1 Å². The molecule has 0 radical (unpaired) electrons. The predicted octanol–water partition coefficient (Wildman–Crippen LogP) is 8.62. The van der Waals surface area contributed by atoms with E-state index in [9.17, 15) is 22.8 Å². The van der Waals surface area contributed by atoms with Crippen LogP contribution in [0.4, 0.5) is 23.7 Å². The van der Waals surface area contributed by atoms with E-state index in [0.717, 1.165) is 32.4 Å². The summed E-state index contributed by atoms with van der Waals surface area (Å²) in [5, 5.41) is 7.69. The highest BCUT2D eigenvalue weighted by Crippen LogP contribution is 2.34. The highest BCUT2D eigenvalue weighted by atomic mass is 79.9. The molecule has 48 heavy (non-hydrogen) atoms. The molecule has 9 nitrogen and oxygen atoms in total. The van der Waals surface area contributed by atoms with Gasteiger partial charge in [-0.2, -0.15) is 4.99 Å². The van der Waals surface area contributed by atoms with Gasteiger partial charge in [0.05, 0.1) is 17.1 Å². The monoisotopic (exact) mass is 740 g/mol. The first-order chi connectivity index (χ1) is 22.8. The molecule has 0 bridgehead atoms. The largest absolute Gasteiger partial charge is 0.573 e. The van der Waals surface area contributed by atoms with Crippen LogP contribution < -0.4 is 15.0 Å². The van der Waals surface area contributed by atoms with Crippen molar-refractivity contribution in [2.24, 2.45) is 4.99 Å². The summed E-state index contributed by atoms with van der Waals surface area (Å²) in [5.41, 5.74) is 4.97. The van der Waals surface area contributed by atoms with Crippen molar-refractivity contribution in [3.63, 3.8) is 0 Å². The number of amidine groups is 1. The Bertz CT molecular complexity index is 1860. The number of hydrogen-bond acceptors (Lipinski definition) is 6. The van der Waals surface area contributed by atoms with Crippen LogP contribution in [-0.2, 0) is 4.79 Å². The van der Waals surface area contributed by atoms with Gasteiger partial charge in [-0.15, -0.1) is 18.3 Å². The molecule has 1 fully saturated rings. The second kappa shape index (κ2) is 14.8. The lowest BCUT2D eigenvalue weighted by Crippen LogP contribution is -2.34. The smallest absolute Gasteiger partial charge is 0.406 e. The standard InChI is InChI=1S/C34H32BrF3N6O3S/c1-20(2)28-14-5-21(3)15-29(28)44-30(45)18-48-33(44)41-32(46)40-22(4)16-25(35)17-23-6-8-24(9-7-23)31-39-19-43(42-31)26-10-12-27(13-11-26)47-34(36,37)38/h5-15,17,19-20,22H,16,18H2,1-4H3,(H,40,46). The summed E-state index contributed by atoms with van der Waals surface area (Å²) in [5.74, 6) is 0.422. The fourth-order valence-electron chi connectivity index (χ4n) is 4.98. The van der Waals surface area contributed by atoms with Gasteiger partial charge in [0.15, 0.2) is 11.0 Å². The lowest BCUT2D eigenvalue weighted by Gasteiger charge is -2.22. The van der Waals surface area contributed by atoms with E-state index in [-0.39, 0.29) is 29.4 Å². The molecule has 3 aromatic carbocycles. The SMILES string of the molecule is Cc1ccc(C(C)C)c(N2C(=O)CSC2=NC(=O)NC(C)CC(Br)=Cc2ccc(-c3ncn(-c4ccc(OC(F)(F)F)cc4)n3)cc2)c1. The molecular formula is C34H32BrF3N6O3S. The van der Waals surface area contributed by atoms with Crippen molar-refractivity contribution in [3.8, 4) is 22.8 Å². The molecule has 5 rings (SSSR count). The lowest BCUT2D eigenvalue weighted by molar-refractivity contribution is -0.274. The average molecular weight is 742 g/mol. The zero-order valence-corrected chi connectivity index (χ0v) is 28.9. The first-order valence-electron chi connectivity index (χ1n) is 15.0. The molecule has 2 heterocycles. The molecule has 1 aliphatic rings. The van der Waals surface area contributed by atoms with Crippen LogP contribution in [0.1, 0.15) is 49.8 Å². The second-order valence-electron chi connectivity index (χ2n) is 11.5. The van der Waals surface area contributed by atoms with Gasteiger partial charge in [-0.25, -0.2) is 14.5 Å². The number of ether oxygens (including phenoxy) is 1. The van der Waals surface area contributed by atoms with E-state index < -0.39 is 12.4 Å². The molecule has 3 amide bonds. The third kappa shape index (κ3) is 8.92. The van der Waals surface area contributed by atoms with E-state index in [1.807, 2.05) is 62.4 Å². The van der Waals surface area contributed by atoms with E-state index in [0.29, 0.717) is 23.1 Å². The quantitative estimate of drug-likeness (QED) is 0.184. The fourth-order valence-corrected chi connectivity index (χ4v) is 6.59. The summed E-state index contributed by atoms with van der Waals surface area (Å²) in [6.45, 7) is 7.96. The van der Waals surface area contributed by atoms with Crippen LogP contribution in [0.25, 0.3) is 23.2 Å². The summed E-state index contributed by atoms with van der Waals surface area (Å²) in [6, 6.07) is 18.1. The van der Waals surface area contributed by atoms with Crippen molar-refractivity contribution >= 4 is 56.6 Å². The number of aliphatic imine (C=N–C) groups is 1. The Morgan fingerprint density at radius 2 is 1.81 bits per heavy atom. The minimum absolute atomic E-state index is 0.110. The molecular weight excluding hydrogens is 709 g/mol. The molecule has 1 aliphatic heterocycles. The van der Waals surface area contributed by atoms with Crippen LogP contribution in [0.3, 0.4) is 0 Å². The number of thioether (sulfide) groups is 1. The summed E-state index contributed by atoms with van der Waals surface area (Å²) in [6.07, 6.45) is -0.842. The van der Waals surface area contributed by atoms with E-state index in [2.05, 4.69) is 54.9 Å². The van der Waals surface area contributed by atoms with Crippen molar-refractivity contribution in [1.82, 2.24) is 20.1 Å². The molecule has 1 aromatic heterocycles. The number of carbonyl (C=O) groups excluding carboxylic acids is 2. The summed E-state index contributed by atoms with van der Waals surface area (Å²) in [4.78, 5) is 35.9. The molecule has 0 aliphatic carbocycles. The van der Waals surface area contributed by atoms with Crippen molar-refractivity contribution in [1.29, 1.82) is 0 Å². The van der Waals surface area contributed by atoms with E-state index >= 15 is 0 Å². The van der Waals surface area contributed by atoms with Gasteiger partial charge in [0.25, 0.3) is 0 Å². The van der Waals surface area contributed by atoms with E-state index in [1.54, 1.807) is 4.90 Å². The van der Waals surface area contributed by atoms with Crippen molar-refractivity contribution in [2.75, 3.05) is 10.7 Å². The summed E-state index contributed by atoms with van der Waals surface area (Å²) < 4.78 is 43.5. The first kappa shape index (κ1) is 34.9. The molecule has 0 saturated carbocycles.